The van der Waals surface area contributed by atoms with E-state index in [1.807, 2.05) is 7.05 Å². The van der Waals surface area contributed by atoms with Gasteiger partial charge >= 0.3 is 0 Å². The molecule has 1 aliphatic rings. The monoisotopic (exact) mass is 269 g/mol. The molecular weight excluding hydrogens is 238 g/mol. The number of carbonyl (C=O) groups is 1. The standard InChI is InChI=1S/C15H31N3O/c1-12(2)10-17-15(19)11-18(4)13(3)9-14-7-5-6-8-16-14/h12-14,16H,5-11H2,1-4H3,(H,17,19). The van der Waals surface area contributed by atoms with Gasteiger partial charge in [-0.3, -0.25) is 9.69 Å². The van der Waals surface area contributed by atoms with Gasteiger partial charge in [-0.15, -0.1) is 0 Å². The predicted octanol–water partition coefficient (Wildman–Crippen LogP) is 1.61. The van der Waals surface area contributed by atoms with Crippen molar-refractivity contribution < 1.29 is 4.79 Å². The molecule has 0 aromatic heterocycles. The molecule has 4 nitrogen and oxygen atoms in total. The number of hydrogen-bond acceptors (Lipinski definition) is 3. The van der Waals surface area contributed by atoms with E-state index in [9.17, 15) is 4.79 Å². The largest absolute Gasteiger partial charge is 0.355 e. The van der Waals surface area contributed by atoms with Crippen LogP contribution in [0.25, 0.3) is 0 Å². The van der Waals surface area contributed by atoms with Crippen molar-refractivity contribution >= 4 is 5.91 Å². The van der Waals surface area contributed by atoms with Crippen LogP contribution < -0.4 is 10.6 Å². The minimum atomic E-state index is 0.139. The highest BCUT2D eigenvalue weighted by atomic mass is 16.2. The smallest absolute Gasteiger partial charge is 0.234 e. The average Bonchev–Trinajstić information content (AvgIpc) is 2.37. The van der Waals surface area contributed by atoms with Gasteiger partial charge in [-0.1, -0.05) is 20.3 Å². The fourth-order valence-electron chi connectivity index (χ4n) is 2.47. The van der Waals surface area contributed by atoms with Crippen molar-refractivity contribution in [3.05, 3.63) is 0 Å². The van der Waals surface area contributed by atoms with Crippen LogP contribution in [0.1, 0.15) is 46.5 Å². The van der Waals surface area contributed by atoms with Crippen LogP contribution >= 0.6 is 0 Å². The van der Waals surface area contributed by atoms with Crippen molar-refractivity contribution in [2.45, 2.75) is 58.5 Å². The second kappa shape index (κ2) is 8.54. The van der Waals surface area contributed by atoms with Gasteiger partial charge in [0.2, 0.25) is 5.91 Å². The lowest BCUT2D eigenvalue weighted by Gasteiger charge is -2.30. The normalized spacial score (nSPS) is 21.7. The molecule has 0 spiro atoms. The molecule has 0 aromatic carbocycles. The number of piperidine rings is 1. The Kier molecular flexibility index (Phi) is 7.39. The maximum absolute atomic E-state index is 11.8. The summed E-state index contributed by atoms with van der Waals surface area (Å²) >= 11 is 0. The lowest BCUT2D eigenvalue weighted by molar-refractivity contribution is -0.122. The first-order chi connectivity index (χ1) is 8.99. The summed E-state index contributed by atoms with van der Waals surface area (Å²) in [7, 11) is 2.04. The van der Waals surface area contributed by atoms with Gasteiger partial charge in [-0.05, 0) is 45.7 Å². The van der Waals surface area contributed by atoms with Crippen molar-refractivity contribution in [3.8, 4) is 0 Å². The summed E-state index contributed by atoms with van der Waals surface area (Å²) < 4.78 is 0. The zero-order valence-corrected chi connectivity index (χ0v) is 13.0. The predicted molar refractivity (Wildman–Crippen MR) is 80.2 cm³/mol. The third-order valence-corrected chi connectivity index (χ3v) is 3.89. The Morgan fingerprint density at radius 3 is 2.68 bits per heavy atom. The molecule has 112 valence electrons. The van der Waals surface area contributed by atoms with E-state index in [0.717, 1.165) is 19.5 Å². The molecule has 1 heterocycles. The van der Waals surface area contributed by atoms with Crippen LogP contribution in [0.2, 0.25) is 0 Å². The summed E-state index contributed by atoms with van der Waals surface area (Å²) in [5.41, 5.74) is 0. The van der Waals surface area contributed by atoms with E-state index >= 15 is 0 Å². The fraction of sp³-hybridized carbons (Fsp3) is 0.933. The number of nitrogens with one attached hydrogen (secondary N) is 2. The molecule has 2 unspecified atom stereocenters. The van der Waals surface area contributed by atoms with Gasteiger partial charge in [0, 0.05) is 18.6 Å². The van der Waals surface area contributed by atoms with Crippen LogP contribution in [-0.2, 0) is 4.79 Å². The van der Waals surface area contributed by atoms with Crippen LogP contribution in [0.15, 0.2) is 0 Å². The van der Waals surface area contributed by atoms with Crippen molar-refractivity contribution in [2.24, 2.45) is 5.92 Å². The van der Waals surface area contributed by atoms with Crippen molar-refractivity contribution in [3.63, 3.8) is 0 Å². The lowest BCUT2D eigenvalue weighted by Crippen LogP contribution is -2.44. The summed E-state index contributed by atoms with van der Waals surface area (Å²) in [6.07, 6.45) is 5.05. The Morgan fingerprint density at radius 1 is 1.37 bits per heavy atom. The first kappa shape index (κ1) is 16.4. The molecule has 0 radical (unpaired) electrons. The SMILES string of the molecule is CC(C)CNC(=O)CN(C)C(C)CC1CCCCN1. The Hall–Kier alpha value is -0.610. The molecule has 1 amide bonds. The molecule has 2 atom stereocenters. The maximum atomic E-state index is 11.8. The van der Waals surface area contributed by atoms with Crippen LogP contribution in [0.4, 0.5) is 0 Å². The highest BCUT2D eigenvalue weighted by molar-refractivity contribution is 5.77. The number of nitrogens with zero attached hydrogens (tertiary/aromatic N) is 1. The fourth-order valence-corrected chi connectivity index (χ4v) is 2.47. The zero-order chi connectivity index (χ0) is 14.3. The summed E-state index contributed by atoms with van der Waals surface area (Å²) in [6, 6.07) is 1.07. The summed E-state index contributed by atoms with van der Waals surface area (Å²) in [6.45, 7) is 8.86. The first-order valence-corrected chi connectivity index (χ1v) is 7.69. The third kappa shape index (κ3) is 6.92. The second-order valence-corrected chi connectivity index (χ2v) is 6.34. The quantitative estimate of drug-likeness (QED) is 0.738. The summed E-state index contributed by atoms with van der Waals surface area (Å²) in [5.74, 6) is 0.651. The zero-order valence-electron chi connectivity index (χ0n) is 13.0. The topological polar surface area (TPSA) is 44.4 Å². The molecular formula is C15H31N3O. The Balaban J connectivity index is 2.23. The molecule has 1 fully saturated rings. The average molecular weight is 269 g/mol. The van der Waals surface area contributed by atoms with Crippen LogP contribution in [-0.4, -0.2) is 49.6 Å². The van der Waals surface area contributed by atoms with E-state index in [0.29, 0.717) is 24.5 Å². The van der Waals surface area contributed by atoms with Gasteiger partial charge in [0.05, 0.1) is 6.54 Å². The minimum absolute atomic E-state index is 0.139. The second-order valence-electron chi connectivity index (χ2n) is 6.34. The highest BCUT2D eigenvalue weighted by Gasteiger charge is 2.19. The van der Waals surface area contributed by atoms with Gasteiger partial charge in [-0.25, -0.2) is 0 Å². The number of rotatable bonds is 7. The molecule has 1 aliphatic heterocycles. The van der Waals surface area contributed by atoms with E-state index in [-0.39, 0.29) is 5.91 Å². The first-order valence-electron chi connectivity index (χ1n) is 7.69. The Labute approximate surface area is 118 Å². The van der Waals surface area contributed by atoms with Crippen molar-refractivity contribution in [1.82, 2.24) is 15.5 Å². The molecule has 4 heteroatoms. The Bertz CT molecular complexity index is 262. The molecule has 1 rings (SSSR count). The summed E-state index contributed by atoms with van der Waals surface area (Å²) in [5, 5.41) is 6.55. The van der Waals surface area contributed by atoms with E-state index in [1.165, 1.54) is 19.3 Å². The highest BCUT2D eigenvalue weighted by Crippen LogP contribution is 2.14. The van der Waals surface area contributed by atoms with Crippen LogP contribution in [0.3, 0.4) is 0 Å². The molecule has 0 bridgehead atoms. The maximum Gasteiger partial charge on any atom is 0.234 e. The number of likely N-dealkylation sites (N-methyl/N-ethyl adjacent to an activating group) is 1. The Morgan fingerprint density at radius 2 is 2.11 bits per heavy atom. The van der Waals surface area contributed by atoms with Crippen LogP contribution in [0, 0.1) is 5.92 Å². The molecule has 19 heavy (non-hydrogen) atoms. The van der Waals surface area contributed by atoms with E-state index < -0.39 is 0 Å². The number of amides is 1. The van der Waals surface area contributed by atoms with Crippen molar-refractivity contribution in [2.75, 3.05) is 26.7 Å². The summed E-state index contributed by atoms with van der Waals surface area (Å²) in [4.78, 5) is 13.9. The molecule has 0 aromatic rings. The van der Waals surface area contributed by atoms with Gasteiger partial charge < -0.3 is 10.6 Å². The lowest BCUT2D eigenvalue weighted by atomic mass is 9.98. The van der Waals surface area contributed by atoms with Gasteiger partial charge in [0.25, 0.3) is 0 Å². The van der Waals surface area contributed by atoms with Crippen molar-refractivity contribution in [1.29, 1.82) is 0 Å². The molecule has 0 saturated carbocycles. The molecule has 2 N–H and O–H groups in total. The van der Waals surface area contributed by atoms with E-state index in [1.54, 1.807) is 0 Å². The van der Waals surface area contributed by atoms with Gasteiger partial charge in [0.15, 0.2) is 0 Å². The number of carbonyl (C=O) groups excluding carboxylic acids is 1. The van der Waals surface area contributed by atoms with Gasteiger partial charge in [-0.2, -0.15) is 0 Å². The molecule has 0 aliphatic carbocycles. The van der Waals surface area contributed by atoms with E-state index in [2.05, 4.69) is 36.3 Å². The molecule has 1 saturated heterocycles. The van der Waals surface area contributed by atoms with Crippen LogP contribution in [0.5, 0.6) is 0 Å². The number of hydrogen-bond donors (Lipinski definition) is 2. The van der Waals surface area contributed by atoms with E-state index in [4.69, 9.17) is 0 Å². The van der Waals surface area contributed by atoms with Gasteiger partial charge in [0.1, 0.15) is 0 Å². The third-order valence-electron chi connectivity index (χ3n) is 3.89. The minimum Gasteiger partial charge on any atom is -0.355 e.